The number of nitrogens with zero attached hydrogens (tertiary/aromatic N) is 2. The van der Waals surface area contributed by atoms with Gasteiger partial charge in [-0.25, -0.2) is 4.98 Å². The third-order valence-electron chi connectivity index (χ3n) is 4.45. The van der Waals surface area contributed by atoms with Crippen LogP contribution in [0.5, 0.6) is 0 Å². The van der Waals surface area contributed by atoms with Crippen molar-refractivity contribution in [2.75, 3.05) is 18.6 Å². The number of thiazole rings is 1. The highest BCUT2D eigenvalue weighted by atomic mass is 32.1. The highest BCUT2D eigenvalue weighted by molar-refractivity contribution is 7.12. The molecule has 2 aliphatic rings. The van der Waals surface area contributed by atoms with Gasteiger partial charge in [0.2, 0.25) is 0 Å². The van der Waals surface area contributed by atoms with Gasteiger partial charge >= 0.3 is 5.97 Å². The van der Waals surface area contributed by atoms with E-state index in [1.807, 2.05) is 24.3 Å². The summed E-state index contributed by atoms with van der Waals surface area (Å²) in [6, 6.07) is 7.53. The number of rotatable bonds is 3. The van der Waals surface area contributed by atoms with Crippen molar-refractivity contribution in [1.29, 1.82) is 0 Å². The summed E-state index contributed by atoms with van der Waals surface area (Å²) in [6.07, 6.45) is 2.21. The largest absolute Gasteiger partial charge is 0.468 e. The van der Waals surface area contributed by atoms with Crippen molar-refractivity contribution in [3.05, 3.63) is 45.9 Å². The zero-order chi connectivity index (χ0) is 16.0. The molecule has 1 amide bonds. The molecule has 0 saturated heterocycles. The summed E-state index contributed by atoms with van der Waals surface area (Å²) in [5.41, 5.74) is 4.30. The standard InChI is InChI=1S/C17H16N2O3S/c1-22-17(21)12-8-19(13-5-3-2-4-11(12)13)16(20)15-14(10-6-7-10)18-9-23-15/h2-5,9-10,12H,6-8H2,1H3. The molecule has 5 nitrogen and oxygen atoms in total. The third-order valence-corrected chi connectivity index (χ3v) is 5.28. The molecule has 1 unspecified atom stereocenters. The van der Waals surface area contributed by atoms with E-state index in [1.165, 1.54) is 18.4 Å². The van der Waals surface area contributed by atoms with Gasteiger partial charge in [0.1, 0.15) is 10.8 Å². The minimum Gasteiger partial charge on any atom is -0.468 e. The van der Waals surface area contributed by atoms with Gasteiger partial charge < -0.3 is 9.64 Å². The van der Waals surface area contributed by atoms with Crippen LogP contribution in [0, 0.1) is 0 Å². The van der Waals surface area contributed by atoms with Crippen molar-refractivity contribution in [2.45, 2.75) is 24.7 Å². The Kier molecular flexibility index (Phi) is 3.41. The van der Waals surface area contributed by atoms with Crippen molar-refractivity contribution in [3.8, 4) is 0 Å². The van der Waals surface area contributed by atoms with Crippen LogP contribution in [0.1, 0.15) is 45.6 Å². The van der Waals surface area contributed by atoms with E-state index in [1.54, 1.807) is 10.4 Å². The van der Waals surface area contributed by atoms with Gasteiger partial charge in [-0.2, -0.15) is 0 Å². The molecule has 1 atom stereocenters. The zero-order valence-corrected chi connectivity index (χ0v) is 13.5. The Morgan fingerprint density at radius 2 is 2.09 bits per heavy atom. The first-order valence-corrected chi connectivity index (χ1v) is 8.50. The molecule has 1 aliphatic heterocycles. The molecule has 1 aromatic heterocycles. The van der Waals surface area contributed by atoms with Crippen molar-refractivity contribution < 1.29 is 14.3 Å². The number of aromatic nitrogens is 1. The van der Waals surface area contributed by atoms with E-state index in [4.69, 9.17) is 4.74 Å². The van der Waals surface area contributed by atoms with Crippen LogP contribution in [0.3, 0.4) is 0 Å². The Labute approximate surface area is 137 Å². The van der Waals surface area contributed by atoms with E-state index in [-0.39, 0.29) is 11.9 Å². The van der Waals surface area contributed by atoms with Gasteiger partial charge in [0, 0.05) is 18.2 Å². The second-order valence-electron chi connectivity index (χ2n) is 5.89. The maximum atomic E-state index is 13.0. The molecule has 0 bridgehead atoms. The zero-order valence-electron chi connectivity index (χ0n) is 12.7. The van der Waals surface area contributed by atoms with E-state index in [2.05, 4.69) is 4.98 Å². The minimum absolute atomic E-state index is 0.0618. The number of anilines is 1. The van der Waals surface area contributed by atoms with Crippen LogP contribution in [0.2, 0.25) is 0 Å². The predicted molar refractivity (Wildman–Crippen MR) is 87.0 cm³/mol. The summed E-state index contributed by atoms with van der Waals surface area (Å²) in [5, 5.41) is 0. The highest BCUT2D eigenvalue weighted by Gasteiger charge is 2.39. The summed E-state index contributed by atoms with van der Waals surface area (Å²) in [4.78, 5) is 31.8. The summed E-state index contributed by atoms with van der Waals surface area (Å²) >= 11 is 1.38. The SMILES string of the molecule is COC(=O)C1CN(C(=O)c2scnc2C2CC2)c2ccccc21. The number of esters is 1. The Morgan fingerprint density at radius 1 is 1.30 bits per heavy atom. The fraction of sp³-hybridized carbons (Fsp3) is 0.353. The molecule has 1 saturated carbocycles. The predicted octanol–water partition coefficient (Wildman–Crippen LogP) is 2.94. The van der Waals surface area contributed by atoms with Crippen LogP contribution in [-0.4, -0.2) is 30.5 Å². The Morgan fingerprint density at radius 3 is 2.83 bits per heavy atom. The Bertz CT molecular complexity index is 782. The van der Waals surface area contributed by atoms with Crippen LogP contribution >= 0.6 is 11.3 Å². The molecule has 118 valence electrons. The van der Waals surface area contributed by atoms with Gasteiger partial charge in [0.25, 0.3) is 5.91 Å². The summed E-state index contributed by atoms with van der Waals surface area (Å²) in [5.74, 6) is -0.361. The van der Waals surface area contributed by atoms with Crippen molar-refractivity contribution in [1.82, 2.24) is 4.98 Å². The molecule has 23 heavy (non-hydrogen) atoms. The smallest absolute Gasteiger partial charge is 0.315 e. The van der Waals surface area contributed by atoms with Gasteiger partial charge in [0.15, 0.2) is 0 Å². The number of fused-ring (bicyclic) bond motifs is 1. The lowest BCUT2D eigenvalue weighted by Gasteiger charge is -2.17. The molecule has 0 N–H and O–H groups in total. The molecule has 4 rings (SSSR count). The third kappa shape index (κ3) is 2.34. The average Bonchev–Trinajstić information content (AvgIpc) is 3.18. The average molecular weight is 328 g/mol. The maximum Gasteiger partial charge on any atom is 0.315 e. The number of hydrogen-bond donors (Lipinski definition) is 0. The van der Waals surface area contributed by atoms with Crippen LogP contribution in [-0.2, 0) is 9.53 Å². The molecule has 0 spiro atoms. The number of amides is 1. The molecule has 0 radical (unpaired) electrons. The first-order chi connectivity index (χ1) is 11.2. The normalized spacial score (nSPS) is 19.5. The topological polar surface area (TPSA) is 59.5 Å². The molecule has 1 aliphatic carbocycles. The molecule has 6 heteroatoms. The van der Waals surface area contributed by atoms with Crippen LogP contribution in [0.15, 0.2) is 29.8 Å². The van der Waals surface area contributed by atoms with Gasteiger partial charge in [-0.15, -0.1) is 11.3 Å². The number of ether oxygens (including phenoxy) is 1. The molecular weight excluding hydrogens is 312 g/mol. The number of benzene rings is 1. The first kappa shape index (κ1) is 14.4. The molecule has 1 aromatic carbocycles. The number of carbonyl (C=O) groups is 2. The second kappa shape index (κ2) is 5.45. The van der Waals surface area contributed by atoms with Gasteiger partial charge in [-0.1, -0.05) is 18.2 Å². The lowest BCUT2D eigenvalue weighted by atomic mass is 10.0. The van der Waals surface area contributed by atoms with Crippen LogP contribution < -0.4 is 4.90 Å². The van der Waals surface area contributed by atoms with E-state index in [0.717, 1.165) is 29.8 Å². The fourth-order valence-corrected chi connectivity index (χ4v) is 3.95. The summed E-state index contributed by atoms with van der Waals surface area (Å²) < 4.78 is 4.90. The van der Waals surface area contributed by atoms with E-state index >= 15 is 0 Å². The Hall–Kier alpha value is -2.21. The molecule has 1 fully saturated rings. The van der Waals surface area contributed by atoms with E-state index in [0.29, 0.717) is 17.3 Å². The monoisotopic (exact) mass is 328 g/mol. The number of hydrogen-bond acceptors (Lipinski definition) is 5. The van der Waals surface area contributed by atoms with Crippen LogP contribution in [0.4, 0.5) is 5.69 Å². The lowest BCUT2D eigenvalue weighted by molar-refractivity contribution is -0.141. The summed E-state index contributed by atoms with van der Waals surface area (Å²) in [6.45, 7) is 0.326. The number of methoxy groups -OCH3 is 1. The molecule has 2 aromatic rings. The lowest BCUT2D eigenvalue weighted by Crippen LogP contribution is -2.31. The van der Waals surface area contributed by atoms with Crippen molar-refractivity contribution in [2.24, 2.45) is 0 Å². The van der Waals surface area contributed by atoms with Gasteiger partial charge in [0.05, 0.1) is 18.3 Å². The minimum atomic E-state index is -0.419. The van der Waals surface area contributed by atoms with E-state index < -0.39 is 5.92 Å². The quantitative estimate of drug-likeness (QED) is 0.813. The van der Waals surface area contributed by atoms with E-state index in [9.17, 15) is 9.59 Å². The fourth-order valence-electron chi connectivity index (χ4n) is 3.13. The van der Waals surface area contributed by atoms with Crippen molar-refractivity contribution >= 4 is 28.9 Å². The maximum absolute atomic E-state index is 13.0. The van der Waals surface area contributed by atoms with Crippen molar-refractivity contribution in [3.63, 3.8) is 0 Å². The highest BCUT2D eigenvalue weighted by Crippen LogP contribution is 2.43. The van der Waals surface area contributed by atoms with Gasteiger partial charge in [-0.05, 0) is 24.5 Å². The molecular formula is C17H16N2O3S. The van der Waals surface area contributed by atoms with Crippen LogP contribution in [0.25, 0.3) is 0 Å². The summed E-state index contributed by atoms with van der Waals surface area (Å²) in [7, 11) is 1.38. The Balaban J connectivity index is 1.70. The first-order valence-electron chi connectivity index (χ1n) is 7.62. The second-order valence-corrected chi connectivity index (χ2v) is 6.75. The number of para-hydroxylation sites is 1. The molecule has 2 heterocycles. The van der Waals surface area contributed by atoms with Gasteiger partial charge in [-0.3, -0.25) is 9.59 Å². The number of carbonyl (C=O) groups excluding carboxylic acids is 2.